The van der Waals surface area contributed by atoms with Crippen molar-refractivity contribution in [3.63, 3.8) is 0 Å². The molecule has 0 aromatic carbocycles. The molecule has 0 atom stereocenters. The van der Waals surface area contributed by atoms with Crippen LogP contribution in [0.15, 0.2) is 18.3 Å². The Kier molecular flexibility index (Phi) is 5.46. The van der Waals surface area contributed by atoms with E-state index in [-0.39, 0.29) is 0 Å². The predicted octanol–water partition coefficient (Wildman–Crippen LogP) is 2.52. The smallest absolute Gasteiger partial charge is 0.151 e. The summed E-state index contributed by atoms with van der Waals surface area (Å²) in [5.41, 5.74) is 1.20. The van der Waals surface area contributed by atoms with E-state index >= 15 is 0 Å². The summed E-state index contributed by atoms with van der Waals surface area (Å²) < 4.78 is 0. The van der Waals surface area contributed by atoms with Crippen LogP contribution in [-0.2, 0) is 13.0 Å². The Morgan fingerprint density at radius 2 is 2.00 bits per heavy atom. The van der Waals surface area contributed by atoms with Crippen LogP contribution in [0.25, 0.3) is 0 Å². The largest absolute Gasteiger partial charge is 0.353 e. The molecule has 1 saturated heterocycles. The summed E-state index contributed by atoms with van der Waals surface area (Å²) in [5.74, 6) is 2.01. The number of rotatable bonds is 6. The molecule has 0 unspecified atom stereocenters. The molecule has 1 aliphatic heterocycles. The maximum atomic E-state index is 5.79. The van der Waals surface area contributed by atoms with Crippen molar-refractivity contribution < 1.29 is 0 Å². The van der Waals surface area contributed by atoms with E-state index in [0.717, 1.165) is 50.8 Å². The molecule has 1 fully saturated rings. The zero-order chi connectivity index (χ0) is 16.1. The van der Waals surface area contributed by atoms with Crippen molar-refractivity contribution >= 4 is 17.4 Å². The first-order valence-electron chi connectivity index (χ1n) is 8.24. The standard InChI is InChI=1S/C16H23ClN6/c1-2-3-4-15-18-11-13(19-15)12-22-7-9-23(10-8-22)16-6-5-14(17)20-21-16/h5-6,11H,2-4,7-10,12H2,1H3,(H,18,19). The van der Waals surface area contributed by atoms with Crippen molar-refractivity contribution in [3.05, 3.63) is 35.0 Å². The second-order valence-electron chi connectivity index (χ2n) is 5.94. The molecule has 1 aliphatic rings. The van der Waals surface area contributed by atoms with Crippen molar-refractivity contribution in [2.75, 3.05) is 31.1 Å². The third kappa shape index (κ3) is 4.42. The Balaban J connectivity index is 1.49. The first kappa shape index (κ1) is 16.2. The second-order valence-corrected chi connectivity index (χ2v) is 6.32. The summed E-state index contributed by atoms with van der Waals surface area (Å²) in [4.78, 5) is 12.6. The van der Waals surface area contributed by atoms with Gasteiger partial charge in [-0.1, -0.05) is 24.9 Å². The Morgan fingerprint density at radius 3 is 2.70 bits per heavy atom. The lowest BCUT2D eigenvalue weighted by Gasteiger charge is -2.34. The number of nitrogens with zero attached hydrogens (tertiary/aromatic N) is 5. The number of aryl methyl sites for hydroxylation is 1. The lowest BCUT2D eigenvalue weighted by Crippen LogP contribution is -2.46. The van der Waals surface area contributed by atoms with Gasteiger partial charge in [0.2, 0.25) is 0 Å². The molecule has 0 radical (unpaired) electrons. The predicted molar refractivity (Wildman–Crippen MR) is 91.7 cm³/mol. The van der Waals surface area contributed by atoms with Crippen LogP contribution in [0.2, 0.25) is 5.15 Å². The molecule has 0 amide bonds. The topological polar surface area (TPSA) is 60.9 Å². The summed E-state index contributed by atoms with van der Waals surface area (Å²) in [6.07, 6.45) is 5.40. The third-order valence-electron chi connectivity index (χ3n) is 4.16. The van der Waals surface area contributed by atoms with E-state index in [0.29, 0.717) is 5.15 Å². The van der Waals surface area contributed by atoms with E-state index in [1.807, 2.05) is 12.3 Å². The van der Waals surface area contributed by atoms with Crippen molar-refractivity contribution in [2.24, 2.45) is 0 Å². The van der Waals surface area contributed by atoms with Crippen LogP contribution in [0, 0.1) is 0 Å². The normalized spacial score (nSPS) is 16.0. The Bertz CT molecular complexity index is 603. The number of aromatic amines is 1. The van der Waals surface area contributed by atoms with Crippen molar-refractivity contribution in [3.8, 4) is 0 Å². The number of anilines is 1. The van der Waals surface area contributed by atoms with Gasteiger partial charge in [0.05, 0.1) is 0 Å². The molecule has 0 saturated carbocycles. The maximum Gasteiger partial charge on any atom is 0.151 e. The molecular weight excluding hydrogens is 312 g/mol. The summed E-state index contributed by atoms with van der Waals surface area (Å²) >= 11 is 5.79. The fourth-order valence-electron chi connectivity index (χ4n) is 2.81. The molecule has 23 heavy (non-hydrogen) atoms. The highest BCUT2D eigenvalue weighted by Crippen LogP contribution is 2.15. The van der Waals surface area contributed by atoms with Crippen molar-refractivity contribution in [2.45, 2.75) is 32.7 Å². The number of halogens is 1. The van der Waals surface area contributed by atoms with E-state index in [9.17, 15) is 0 Å². The average molecular weight is 335 g/mol. The summed E-state index contributed by atoms with van der Waals surface area (Å²) in [5, 5.41) is 8.50. The average Bonchev–Trinajstić information content (AvgIpc) is 3.02. The Hall–Kier alpha value is -1.66. The van der Waals surface area contributed by atoms with Gasteiger partial charge in [0.25, 0.3) is 0 Å². The highest BCUT2D eigenvalue weighted by Gasteiger charge is 2.19. The number of hydrogen-bond acceptors (Lipinski definition) is 5. The van der Waals surface area contributed by atoms with Gasteiger partial charge < -0.3 is 9.88 Å². The maximum absolute atomic E-state index is 5.79. The molecule has 0 bridgehead atoms. The van der Waals surface area contributed by atoms with Gasteiger partial charge in [-0.25, -0.2) is 4.98 Å². The third-order valence-corrected chi connectivity index (χ3v) is 4.36. The number of nitrogens with one attached hydrogen (secondary N) is 1. The number of imidazole rings is 1. The van der Waals surface area contributed by atoms with Crippen LogP contribution in [0.3, 0.4) is 0 Å². The molecule has 1 N–H and O–H groups in total. The van der Waals surface area contributed by atoms with Crippen LogP contribution in [0.4, 0.5) is 5.82 Å². The molecule has 0 spiro atoms. The lowest BCUT2D eigenvalue weighted by atomic mass is 10.2. The van der Waals surface area contributed by atoms with Gasteiger partial charge in [0.15, 0.2) is 11.0 Å². The number of aromatic nitrogens is 4. The lowest BCUT2D eigenvalue weighted by molar-refractivity contribution is 0.246. The first-order valence-corrected chi connectivity index (χ1v) is 8.61. The van der Waals surface area contributed by atoms with Crippen molar-refractivity contribution in [1.82, 2.24) is 25.1 Å². The van der Waals surface area contributed by atoms with E-state index in [4.69, 9.17) is 11.6 Å². The van der Waals surface area contributed by atoms with E-state index in [1.54, 1.807) is 6.07 Å². The number of hydrogen-bond donors (Lipinski definition) is 1. The minimum atomic E-state index is 0.436. The first-order chi connectivity index (χ1) is 11.2. The van der Waals surface area contributed by atoms with Crippen molar-refractivity contribution in [1.29, 1.82) is 0 Å². The number of unbranched alkanes of at least 4 members (excludes halogenated alkanes) is 1. The number of piperazine rings is 1. The van der Waals surface area contributed by atoms with Crippen LogP contribution in [0.5, 0.6) is 0 Å². The quantitative estimate of drug-likeness (QED) is 0.879. The molecule has 7 heteroatoms. The molecule has 2 aromatic heterocycles. The summed E-state index contributed by atoms with van der Waals surface area (Å²) in [7, 11) is 0. The summed E-state index contributed by atoms with van der Waals surface area (Å²) in [6, 6.07) is 3.72. The van der Waals surface area contributed by atoms with Gasteiger partial charge in [0, 0.05) is 51.0 Å². The SMILES string of the molecule is CCCCc1ncc(CN2CCN(c3ccc(Cl)nn3)CC2)[nH]1. The van der Waals surface area contributed by atoms with Gasteiger partial charge in [-0.05, 0) is 18.6 Å². The number of H-pyrrole nitrogens is 1. The minimum Gasteiger partial charge on any atom is -0.353 e. The molecule has 0 aliphatic carbocycles. The van der Waals surface area contributed by atoms with Gasteiger partial charge >= 0.3 is 0 Å². The highest BCUT2D eigenvalue weighted by molar-refractivity contribution is 6.29. The second kappa shape index (κ2) is 7.75. The molecule has 3 heterocycles. The fourth-order valence-corrected chi connectivity index (χ4v) is 2.91. The van der Waals surface area contributed by atoms with E-state index in [1.165, 1.54) is 18.5 Å². The van der Waals surface area contributed by atoms with E-state index in [2.05, 4.69) is 36.9 Å². The molecule has 2 aromatic rings. The van der Waals surface area contributed by atoms with Crippen LogP contribution >= 0.6 is 11.6 Å². The van der Waals surface area contributed by atoms with Gasteiger partial charge in [-0.15, -0.1) is 10.2 Å². The fraction of sp³-hybridized carbons (Fsp3) is 0.562. The molecule has 6 nitrogen and oxygen atoms in total. The monoisotopic (exact) mass is 334 g/mol. The molecule has 124 valence electrons. The molecular formula is C16H23ClN6. The Morgan fingerprint density at radius 1 is 1.17 bits per heavy atom. The van der Waals surface area contributed by atoms with Gasteiger partial charge in [-0.3, -0.25) is 4.90 Å². The van der Waals surface area contributed by atoms with Crippen LogP contribution < -0.4 is 4.90 Å². The Labute approximate surface area is 141 Å². The highest BCUT2D eigenvalue weighted by atomic mass is 35.5. The minimum absolute atomic E-state index is 0.436. The molecule has 3 rings (SSSR count). The summed E-state index contributed by atoms with van der Waals surface area (Å²) in [6.45, 7) is 7.05. The van der Waals surface area contributed by atoms with Gasteiger partial charge in [-0.2, -0.15) is 0 Å². The van der Waals surface area contributed by atoms with E-state index < -0.39 is 0 Å². The van der Waals surface area contributed by atoms with Crippen LogP contribution in [-0.4, -0.2) is 51.2 Å². The zero-order valence-electron chi connectivity index (χ0n) is 13.5. The van der Waals surface area contributed by atoms with Crippen LogP contribution in [0.1, 0.15) is 31.3 Å². The van der Waals surface area contributed by atoms with Gasteiger partial charge in [0.1, 0.15) is 5.82 Å². The zero-order valence-corrected chi connectivity index (χ0v) is 14.3.